The molecule has 2 aromatic rings. The number of nitrogens with zero attached hydrogens (tertiary/aromatic N) is 1. The molecule has 2 bridgehead atoms. The third-order valence-corrected chi connectivity index (χ3v) is 6.92. The summed E-state index contributed by atoms with van der Waals surface area (Å²) >= 11 is 0. The van der Waals surface area contributed by atoms with Gasteiger partial charge in [0.1, 0.15) is 11.9 Å². The fourth-order valence-corrected chi connectivity index (χ4v) is 5.23. The van der Waals surface area contributed by atoms with E-state index >= 15 is 0 Å². The summed E-state index contributed by atoms with van der Waals surface area (Å²) in [6.45, 7) is 2.98. The molecule has 31 heavy (non-hydrogen) atoms. The number of aryl methyl sites for hydroxylation is 1. The summed E-state index contributed by atoms with van der Waals surface area (Å²) in [6.07, 6.45) is 4.14. The Morgan fingerprint density at radius 1 is 1.00 bits per heavy atom. The molecule has 0 saturated carbocycles. The minimum Gasteiger partial charge on any atom is -0.445 e. The molecule has 4 nitrogen and oxygen atoms in total. The maximum atomic E-state index is 14.2. The zero-order valence-corrected chi connectivity index (χ0v) is 17.2. The molecule has 0 aromatic heterocycles. The van der Waals surface area contributed by atoms with Gasteiger partial charge >= 0.3 is 6.09 Å². The van der Waals surface area contributed by atoms with Crippen molar-refractivity contribution in [3.63, 3.8) is 0 Å². The first-order valence-corrected chi connectivity index (χ1v) is 10.9. The number of benzene rings is 2. The molecule has 2 aromatic carbocycles. The van der Waals surface area contributed by atoms with Crippen LogP contribution in [-0.4, -0.2) is 36.7 Å². The van der Waals surface area contributed by atoms with Gasteiger partial charge in [-0.3, -0.25) is 4.90 Å². The molecule has 1 aliphatic carbocycles. The minimum absolute atomic E-state index is 0.0264. The van der Waals surface area contributed by atoms with Crippen LogP contribution in [0.1, 0.15) is 42.9 Å². The van der Waals surface area contributed by atoms with Crippen molar-refractivity contribution in [2.75, 3.05) is 19.6 Å². The van der Waals surface area contributed by atoms with Crippen molar-refractivity contribution in [1.82, 2.24) is 10.2 Å². The standard InChI is InChI=1S/C24H25F3N2O2/c25-19-12-21(27)20(26)11-18(19)16-4-5-17-15(10-16)2-1-3-22(17)28-24(30)31-23-13-29-8-6-14(23)7-9-29/h4-5,10-12,14,22-23H,1-3,6-9,13H2,(H,28,30)/t22?,23-/m0/s1. The highest BCUT2D eigenvalue weighted by Gasteiger charge is 2.37. The van der Waals surface area contributed by atoms with Crippen LogP contribution in [0.5, 0.6) is 0 Å². The molecule has 7 heteroatoms. The predicted octanol–water partition coefficient (Wildman–Crippen LogP) is 4.97. The number of ether oxygens (including phenoxy) is 1. The molecular weight excluding hydrogens is 405 g/mol. The maximum Gasteiger partial charge on any atom is 0.407 e. The van der Waals surface area contributed by atoms with Crippen molar-refractivity contribution < 1.29 is 22.7 Å². The Morgan fingerprint density at radius 2 is 1.77 bits per heavy atom. The monoisotopic (exact) mass is 430 g/mol. The van der Waals surface area contributed by atoms with Crippen molar-refractivity contribution in [2.45, 2.75) is 44.2 Å². The summed E-state index contributed by atoms with van der Waals surface area (Å²) in [5.74, 6) is -2.64. The summed E-state index contributed by atoms with van der Waals surface area (Å²) in [6, 6.07) is 6.60. The smallest absolute Gasteiger partial charge is 0.407 e. The van der Waals surface area contributed by atoms with E-state index in [0.717, 1.165) is 68.9 Å². The Labute approximate surface area is 179 Å². The van der Waals surface area contributed by atoms with Crippen molar-refractivity contribution in [1.29, 1.82) is 0 Å². The summed E-state index contributed by atoms with van der Waals surface area (Å²) < 4.78 is 46.9. The highest BCUT2D eigenvalue weighted by atomic mass is 19.2. The average Bonchev–Trinajstić information content (AvgIpc) is 2.77. The van der Waals surface area contributed by atoms with Crippen molar-refractivity contribution in [3.05, 3.63) is 58.9 Å². The number of hydrogen-bond acceptors (Lipinski definition) is 3. The van der Waals surface area contributed by atoms with Crippen molar-refractivity contribution >= 4 is 6.09 Å². The molecule has 1 amide bonds. The molecule has 3 fully saturated rings. The molecule has 0 spiro atoms. The Kier molecular flexibility index (Phi) is 5.38. The number of hydrogen-bond donors (Lipinski definition) is 1. The number of halogens is 3. The van der Waals surface area contributed by atoms with Gasteiger partial charge in [0, 0.05) is 18.2 Å². The normalized spacial score (nSPS) is 26.9. The second kappa shape index (κ2) is 8.19. The number of nitrogens with one attached hydrogen (secondary N) is 1. The van der Waals surface area contributed by atoms with Crippen LogP contribution in [0.4, 0.5) is 18.0 Å². The fraction of sp³-hybridized carbons (Fsp3) is 0.458. The van der Waals surface area contributed by atoms with Gasteiger partial charge in [0.25, 0.3) is 0 Å². The van der Waals surface area contributed by atoms with Crippen LogP contribution in [0.2, 0.25) is 0 Å². The van der Waals surface area contributed by atoms with Gasteiger partial charge in [0.05, 0.1) is 6.04 Å². The van der Waals surface area contributed by atoms with E-state index in [4.69, 9.17) is 4.74 Å². The van der Waals surface area contributed by atoms with E-state index in [1.54, 1.807) is 12.1 Å². The van der Waals surface area contributed by atoms with Crippen LogP contribution < -0.4 is 5.32 Å². The van der Waals surface area contributed by atoms with Crippen LogP contribution in [0.25, 0.3) is 11.1 Å². The van der Waals surface area contributed by atoms with Gasteiger partial charge in [-0.25, -0.2) is 18.0 Å². The average molecular weight is 430 g/mol. The molecule has 3 heterocycles. The lowest BCUT2D eigenvalue weighted by atomic mass is 9.85. The number of amides is 1. The number of alkyl carbamates (subject to hydrolysis) is 1. The second-order valence-corrected chi connectivity index (χ2v) is 8.83. The first kappa shape index (κ1) is 20.4. The predicted molar refractivity (Wildman–Crippen MR) is 110 cm³/mol. The van der Waals surface area contributed by atoms with Gasteiger partial charge in [0.15, 0.2) is 11.6 Å². The number of rotatable bonds is 3. The molecule has 4 aliphatic rings. The first-order valence-electron chi connectivity index (χ1n) is 10.9. The highest BCUT2D eigenvalue weighted by Crippen LogP contribution is 2.35. The fourth-order valence-electron chi connectivity index (χ4n) is 5.23. The number of fused-ring (bicyclic) bond motifs is 4. The van der Waals surface area contributed by atoms with E-state index < -0.39 is 23.5 Å². The molecule has 2 atom stereocenters. The largest absolute Gasteiger partial charge is 0.445 e. The molecular formula is C24H25F3N2O2. The topological polar surface area (TPSA) is 41.6 Å². The number of carbonyl (C=O) groups is 1. The zero-order valence-electron chi connectivity index (χ0n) is 17.2. The van der Waals surface area contributed by atoms with Gasteiger partial charge in [-0.1, -0.05) is 18.2 Å². The highest BCUT2D eigenvalue weighted by molar-refractivity contribution is 5.69. The lowest BCUT2D eigenvalue weighted by Gasteiger charge is -2.44. The SMILES string of the molecule is O=C(NC1CCCc2cc(-c3cc(F)c(F)cc3F)ccc21)O[C@H]1CN2CCC1CC2. The second-order valence-electron chi connectivity index (χ2n) is 8.83. The Hall–Kier alpha value is -2.54. The Morgan fingerprint density at radius 3 is 2.52 bits per heavy atom. The summed E-state index contributed by atoms with van der Waals surface area (Å²) in [4.78, 5) is 14.9. The molecule has 0 radical (unpaired) electrons. The molecule has 1 unspecified atom stereocenters. The molecule has 3 aliphatic heterocycles. The Balaban J connectivity index is 1.31. The van der Waals surface area contributed by atoms with Gasteiger partial charge in [-0.05, 0) is 73.9 Å². The van der Waals surface area contributed by atoms with E-state index in [2.05, 4.69) is 10.2 Å². The van der Waals surface area contributed by atoms with Gasteiger partial charge in [0.2, 0.25) is 0 Å². The van der Waals surface area contributed by atoms with Crippen LogP contribution in [-0.2, 0) is 11.2 Å². The zero-order chi connectivity index (χ0) is 21.5. The van der Waals surface area contributed by atoms with E-state index in [1.807, 2.05) is 6.07 Å². The summed E-state index contributed by atoms with van der Waals surface area (Å²) in [7, 11) is 0. The van der Waals surface area contributed by atoms with Crippen LogP contribution in [0.15, 0.2) is 30.3 Å². The quantitative estimate of drug-likeness (QED) is 0.700. The lowest BCUT2D eigenvalue weighted by Crippen LogP contribution is -2.52. The van der Waals surface area contributed by atoms with E-state index in [-0.39, 0.29) is 17.7 Å². The number of carbonyl (C=O) groups excluding carboxylic acids is 1. The lowest BCUT2D eigenvalue weighted by molar-refractivity contribution is -0.0340. The third-order valence-electron chi connectivity index (χ3n) is 6.92. The molecule has 164 valence electrons. The van der Waals surface area contributed by atoms with Crippen molar-refractivity contribution in [2.24, 2.45) is 5.92 Å². The molecule has 1 N–H and O–H groups in total. The Bertz CT molecular complexity index is 1000. The first-order chi connectivity index (χ1) is 15.0. The maximum absolute atomic E-state index is 14.2. The van der Waals surface area contributed by atoms with Crippen molar-refractivity contribution in [3.8, 4) is 11.1 Å². The van der Waals surface area contributed by atoms with E-state index in [9.17, 15) is 18.0 Å². The van der Waals surface area contributed by atoms with E-state index in [0.29, 0.717) is 17.5 Å². The van der Waals surface area contributed by atoms with Gasteiger partial charge < -0.3 is 10.1 Å². The number of piperidine rings is 3. The van der Waals surface area contributed by atoms with Gasteiger partial charge in [-0.15, -0.1) is 0 Å². The third kappa shape index (κ3) is 4.03. The molecule has 3 saturated heterocycles. The van der Waals surface area contributed by atoms with E-state index in [1.165, 1.54) is 0 Å². The minimum atomic E-state index is -1.20. The molecule has 6 rings (SSSR count). The van der Waals surface area contributed by atoms with Crippen LogP contribution in [0, 0.1) is 23.4 Å². The van der Waals surface area contributed by atoms with Gasteiger partial charge in [-0.2, -0.15) is 0 Å². The summed E-state index contributed by atoms with van der Waals surface area (Å²) in [5, 5.41) is 3.01. The summed E-state index contributed by atoms with van der Waals surface area (Å²) in [5.41, 5.74) is 2.45. The van der Waals surface area contributed by atoms with Crippen LogP contribution >= 0.6 is 0 Å². The van der Waals surface area contributed by atoms with Crippen LogP contribution in [0.3, 0.4) is 0 Å².